The predicted octanol–water partition coefficient (Wildman–Crippen LogP) is 10.7. The van der Waals surface area contributed by atoms with Gasteiger partial charge in [-0.1, -0.05) is 158 Å². The number of phosphoric ester groups is 1. The Morgan fingerprint density at radius 2 is 1.22 bits per heavy atom. The van der Waals surface area contributed by atoms with Crippen LogP contribution < -0.4 is 14.4 Å². The number of benzene rings is 2. The second kappa shape index (κ2) is 27.5. The SMILES string of the molecule is CCCCCCCCCCC(=O)CCC(=O)O[C@@H]1[C@H](NC(=O)OCC(Cl)(Cl)Cl)[C@@H](OC(C)=O)O[C@H](COC(=O)OCC(Cl)(Cl)Cl)[C@H]1OP(=O)(Oc1ccccc1)Oc1ccccc1. The maximum Gasteiger partial charge on any atom is 0.588 e. The van der Waals surface area contributed by atoms with Gasteiger partial charge in [-0.2, -0.15) is 0 Å². The van der Waals surface area contributed by atoms with Crippen LogP contribution in [0.2, 0.25) is 0 Å². The summed E-state index contributed by atoms with van der Waals surface area (Å²) in [6.45, 7) is 0.737. The number of para-hydroxylation sites is 2. The molecule has 0 radical (unpaired) electrons. The third kappa shape index (κ3) is 22.7. The molecule has 5 atom stereocenters. The molecule has 1 heterocycles. The second-order valence-corrected chi connectivity index (χ2v) is 20.5. The summed E-state index contributed by atoms with van der Waals surface area (Å²) in [6.07, 6.45) is -2.46. The number of rotatable bonds is 25. The smallest absolute Gasteiger partial charge is 0.457 e. The molecule has 352 valence electrons. The fourth-order valence-corrected chi connectivity index (χ4v) is 7.61. The molecule has 1 saturated heterocycles. The Labute approximate surface area is 395 Å². The first-order chi connectivity index (χ1) is 29.8. The van der Waals surface area contributed by atoms with Gasteiger partial charge in [0.25, 0.3) is 0 Å². The van der Waals surface area contributed by atoms with E-state index in [9.17, 15) is 28.5 Å². The van der Waals surface area contributed by atoms with E-state index in [1.807, 2.05) is 0 Å². The molecular weight excluding hydrogens is 978 g/mol. The van der Waals surface area contributed by atoms with Crippen LogP contribution in [0.15, 0.2) is 60.7 Å². The molecule has 0 unspecified atom stereocenters. The Morgan fingerprint density at radius 3 is 1.76 bits per heavy atom. The first kappa shape index (κ1) is 54.4. The van der Waals surface area contributed by atoms with Gasteiger partial charge in [-0.25, -0.2) is 14.2 Å². The van der Waals surface area contributed by atoms with Crippen molar-refractivity contribution >= 4 is 107 Å². The van der Waals surface area contributed by atoms with E-state index in [0.717, 1.165) is 39.0 Å². The second-order valence-electron chi connectivity index (χ2n) is 14.0. The van der Waals surface area contributed by atoms with E-state index in [-0.39, 0.29) is 30.1 Å². The van der Waals surface area contributed by atoms with Gasteiger partial charge in [0.1, 0.15) is 55.4 Å². The predicted molar refractivity (Wildman–Crippen MR) is 235 cm³/mol. The Hall–Kier alpha value is -2.92. The van der Waals surface area contributed by atoms with Gasteiger partial charge in [0.05, 0.1) is 6.42 Å². The lowest BCUT2D eigenvalue weighted by atomic mass is 9.96. The maximum atomic E-state index is 14.9. The summed E-state index contributed by atoms with van der Waals surface area (Å²) in [4.78, 5) is 65.0. The highest BCUT2D eigenvalue weighted by atomic mass is 35.6. The molecule has 2 aromatic rings. The number of phosphoric acid groups is 1. The van der Waals surface area contributed by atoms with Crippen LogP contribution in [0.4, 0.5) is 9.59 Å². The largest absolute Gasteiger partial charge is 0.588 e. The first-order valence-corrected chi connectivity index (χ1v) is 23.7. The zero-order chi connectivity index (χ0) is 46.5. The molecule has 1 amide bonds. The zero-order valence-corrected chi connectivity index (χ0v) is 39.8. The van der Waals surface area contributed by atoms with Crippen LogP contribution in [-0.2, 0) is 51.9 Å². The van der Waals surface area contributed by atoms with E-state index < -0.39 is 96.5 Å². The van der Waals surface area contributed by atoms with Crippen LogP contribution in [0.1, 0.15) is 84.5 Å². The van der Waals surface area contributed by atoms with Gasteiger partial charge in [-0.3, -0.25) is 18.9 Å². The van der Waals surface area contributed by atoms with Gasteiger partial charge < -0.3 is 42.8 Å². The first-order valence-electron chi connectivity index (χ1n) is 19.9. The van der Waals surface area contributed by atoms with Crippen LogP contribution in [-0.4, -0.2) is 88.0 Å². The summed E-state index contributed by atoms with van der Waals surface area (Å²) < 4.78 is 60.9. The molecule has 3 rings (SSSR count). The number of alkyl carbamates (subject to hydrolysis) is 1. The van der Waals surface area contributed by atoms with Crippen molar-refractivity contribution in [3.8, 4) is 11.5 Å². The fraction of sp³-hybridized carbons (Fsp3) is 0.575. The van der Waals surface area contributed by atoms with E-state index in [1.54, 1.807) is 36.4 Å². The number of carbonyl (C=O) groups excluding carboxylic acids is 5. The molecule has 0 saturated carbocycles. The van der Waals surface area contributed by atoms with Gasteiger partial charge >= 0.3 is 32.0 Å². The molecule has 2 aromatic carbocycles. The fourth-order valence-electron chi connectivity index (χ4n) is 5.84. The van der Waals surface area contributed by atoms with Crippen molar-refractivity contribution in [2.45, 2.75) is 123 Å². The molecule has 1 aliphatic rings. The lowest BCUT2D eigenvalue weighted by Crippen LogP contribution is -2.66. The van der Waals surface area contributed by atoms with Gasteiger partial charge in [0, 0.05) is 19.8 Å². The molecule has 23 heteroatoms. The van der Waals surface area contributed by atoms with Crippen LogP contribution in [0, 0.1) is 0 Å². The zero-order valence-electron chi connectivity index (χ0n) is 34.4. The highest BCUT2D eigenvalue weighted by Crippen LogP contribution is 2.52. The molecular formula is C40H50Cl6NO15P. The number of hydrogen-bond acceptors (Lipinski definition) is 15. The summed E-state index contributed by atoms with van der Waals surface area (Å²) in [6, 6.07) is 13.6. The molecule has 0 aliphatic carbocycles. The minimum absolute atomic E-state index is 0.0112. The third-order valence-corrected chi connectivity index (χ3v) is 10.7. The van der Waals surface area contributed by atoms with Crippen molar-refractivity contribution < 1.29 is 70.5 Å². The number of unbranched alkanes of at least 4 members (excludes halogenated alkanes) is 7. The standard InChI is InChI=1S/C40H50Cl6NO15P/c1-3-4-5-6-7-8-9-12-17-28(49)22-23-32(50)59-35-33(47-37(51)55-25-39(41,42)43)36(57-27(2)48)58-31(24-54-38(52)56-26-40(44,45)46)34(35)62-63(53,60-29-18-13-10-14-19-29)61-30-20-15-11-16-21-30/h10-11,13-16,18-21,31,33-36H,3-9,12,17,22-26H2,1-2H3,(H,47,51)/t31-,33+,34-,35-,36+/m1/s1. The number of carbonyl (C=O) groups is 5. The van der Waals surface area contributed by atoms with Gasteiger partial charge in [-0.15, -0.1) is 0 Å². The van der Waals surface area contributed by atoms with Crippen molar-refractivity contribution in [3.63, 3.8) is 0 Å². The van der Waals surface area contributed by atoms with Gasteiger partial charge in [0.15, 0.2) is 6.10 Å². The molecule has 1 N–H and O–H groups in total. The number of nitrogens with one attached hydrogen (secondary N) is 1. The quantitative estimate of drug-likeness (QED) is 0.0324. The Kier molecular flexibility index (Phi) is 23.8. The lowest BCUT2D eigenvalue weighted by molar-refractivity contribution is -0.263. The van der Waals surface area contributed by atoms with Crippen molar-refractivity contribution in [1.82, 2.24) is 5.32 Å². The van der Waals surface area contributed by atoms with Crippen LogP contribution >= 0.6 is 77.4 Å². The number of halogens is 6. The topological polar surface area (TPSA) is 198 Å². The van der Waals surface area contributed by atoms with Crippen molar-refractivity contribution in [1.29, 1.82) is 0 Å². The Bertz CT molecular complexity index is 1740. The van der Waals surface area contributed by atoms with Crippen LogP contribution in [0.25, 0.3) is 0 Å². The number of ether oxygens (including phenoxy) is 6. The number of alkyl halides is 6. The third-order valence-electron chi connectivity index (χ3n) is 8.66. The van der Waals surface area contributed by atoms with E-state index in [1.165, 1.54) is 37.1 Å². The molecule has 0 aromatic heterocycles. The summed E-state index contributed by atoms with van der Waals surface area (Å²) >= 11 is 34.5. The van der Waals surface area contributed by atoms with Gasteiger partial charge in [0.2, 0.25) is 13.9 Å². The molecule has 63 heavy (non-hydrogen) atoms. The average molecular weight is 1030 g/mol. The number of ketones is 1. The summed E-state index contributed by atoms with van der Waals surface area (Å²) in [5.74, 6) is -2.22. The normalized spacial score (nSPS) is 19.0. The molecule has 16 nitrogen and oxygen atoms in total. The van der Waals surface area contributed by atoms with E-state index >= 15 is 0 Å². The van der Waals surface area contributed by atoms with Crippen molar-refractivity contribution in [3.05, 3.63) is 60.7 Å². The van der Waals surface area contributed by atoms with Gasteiger partial charge in [-0.05, 0) is 30.7 Å². The number of Topliss-reactive ketones (excluding diaryl/α,β-unsaturated/α-hetero) is 1. The maximum absolute atomic E-state index is 14.9. The van der Waals surface area contributed by atoms with Crippen LogP contribution in [0.3, 0.4) is 0 Å². The Morgan fingerprint density at radius 1 is 0.683 bits per heavy atom. The minimum atomic E-state index is -4.99. The number of amides is 1. The molecule has 1 aliphatic heterocycles. The molecule has 0 bridgehead atoms. The van der Waals surface area contributed by atoms with Crippen molar-refractivity contribution in [2.75, 3.05) is 19.8 Å². The lowest BCUT2D eigenvalue weighted by Gasteiger charge is -2.45. The Balaban J connectivity index is 2.03. The number of esters is 2. The van der Waals surface area contributed by atoms with E-state index in [2.05, 4.69) is 12.2 Å². The van der Waals surface area contributed by atoms with E-state index in [0.29, 0.717) is 6.42 Å². The number of hydrogen-bond donors (Lipinski definition) is 1. The molecule has 0 spiro atoms. The van der Waals surface area contributed by atoms with E-state index in [4.69, 9.17) is 112 Å². The van der Waals surface area contributed by atoms with Crippen molar-refractivity contribution in [2.24, 2.45) is 0 Å². The highest BCUT2D eigenvalue weighted by Gasteiger charge is 2.55. The monoisotopic (exact) mass is 1030 g/mol. The molecule has 1 fully saturated rings. The average Bonchev–Trinajstić information content (AvgIpc) is 3.21. The van der Waals surface area contributed by atoms with Crippen LogP contribution in [0.5, 0.6) is 11.5 Å². The minimum Gasteiger partial charge on any atom is -0.457 e. The summed E-state index contributed by atoms with van der Waals surface area (Å²) in [5.41, 5.74) is 0. The summed E-state index contributed by atoms with van der Waals surface area (Å²) in [5, 5.41) is 2.35. The highest BCUT2D eigenvalue weighted by molar-refractivity contribution is 7.49. The summed E-state index contributed by atoms with van der Waals surface area (Å²) in [7, 11) is -4.99.